The normalized spacial score (nSPS) is 10.7. The van der Waals surface area contributed by atoms with Gasteiger partial charge < -0.3 is 19.3 Å². The van der Waals surface area contributed by atoms with Crippen LogP contribution in [-0.4, -0.2) is 63.4 Å². The molecule has 0 aromatic rings. The van der Waals surface area contributed by atoms with Crippen LogP contribution in [0.5, 0.6) is 0 Å². The van der Waals surface area contributed by atoms with Gasteiger partial charge in [-0.15, -0.1) is 0 Å². The molecule has 0 aliphatic rings. The molecule has 0 saturated carbocycles. The zero-order valence-electron chi connectivity index (χ0n) is 11.4. The van der Waals surface area contributed by atoms with Gasteiger partial charge in [0.2, 0.25) is 0 Å². The molecule has 0 N–H and O–H groups in total. The van der Waals surface area contributed by atoms with E-state index in [2.05, 4.69) is 0 Å². The Kier molecular flexibility index (Phi) is 5.78. The second-order valence-corrected chi connectivity index (χ2v) is 5.06. The van der Waals surface area contributed by atoms with Crippen LogP contribution >= 0.6 is 0 Å². The van der Waals surface area contributed by atoms with E-state index < -0.39 is 17.6 Å². The lowest BCUT2D eigenvalue weighted by molar-refractivity contribution is 0.0303. The Labute approximate surface area is 102 Å². The third-order valence-corrected chi connectivity index (χ3v) is 1.90. The zero-order valence-corrected chi connectivity index (χ0v) is 11.4. The van der Waals surface area contributed by atoms with E-state index in [1.807, 2.05) is 13.8 Å². The highest BCUT2D eigenvalue weighted by Crippen LogP contribution is 2.16. The van der Waals surface area contributed by atoms with Gasteiger partial charge in [0.05, 0.1) is 0 Å². The highest BCUT2D eigenvalue weighted by atomic mass is 16.6. The lowest BCUT2D eigenvalue weighted by Crippen LogP contribution is -2.33. The average Bonchev–Trinajstić information content (AvgIpc) is 2.22. The summed E-state index contributed by atoms with van der Waals surface area (Å²) in [4.78, 5) is 25.1. The van der Waals surface area contributed by atoms with E-state index in [1.54, 1.807) is 28.2 Å². The minimum absolute atomic E-state index is 0.199. The van der Waals surface area contributed by atoms with E-state index in [9.17, 15) is 9.59 Å². The van der Waals surface area contributed by atoms with Crippen LogP contribution in [0.1, 0.15) is 13.8 Å². The van der Waals surface area contributed by atoms with Crippen molar-refractivity contribution in [2.45, 2.75) is 13.8 Å². The molecule has 6 nitrogen and oxygen atoms in total. The van der Waals surface area contributed by atoms with E-state index in [4.69, 9.17) is 9.47 Å². The van der Waals surface area contributed by atoms with Crippen molar-refractivity contribution in [2.24, 2.45) is 5.41 Å². The van der Waals surface area contributed by atoms with Crippen LogP contribution in [-0.2, 0) is 9.47 Å². The van der Waals surface area contributed by atoms with Gasteiger partial charge in [-0.05, 0) is 0 Å². The van der Waals surface area contributed by atoms with Crippen molar-refractivity contribution in [2.75, 3.05) is 41.4 Å². The largest absolute Gasteiger partial charge is 0.449 e. The first kappa shape index (κ1) is 15.5. The third kappa shape index (κ3) is 6.65. The molecule has 0 aromatic heterocycles. The predicted octanol–water partition coefficient (Wildman–Crippen LogP) is 1.41. The number of ether oxygens (including phenoxy) is 2. The second kappa shape index (κ2) is 6.32. The molecule has 0 atom stereocenters. The molecule has 0 rings (SSSR count). The quantitative estimate of drug-likeness (QED) is 0.752. The molecule has 2 amide bonds. The number of rotatable bonds is 4. The molecule has 0 fully saturated rings. The standard InChI is InChI=1S/C11H22N2O4/c1-11(2,7-16-9(14)12(3)4)8-17-10(15)13(5)6/h7-8H2,1-6H3. The number of nitrogens with zero attached hydrogens (tertiary/aromatic N) is 2. The summed E-state index contributed by atoms with van der Waals surface area (Å²) in [7, 11) is 6.45. The van der Waals surface area contributed by atoms with Crippen LogP contribution in [0, 0.1) is 5.41 Å². The summed E-state index contributed by atoms with van der Waals surface area (Å²) >= 11 is 0. The fourth-order valence-electron chi connectivity index (χ4n) is 0.814. The fourth-order valence-corrected chi connectivity index (χ4v) is 0.814. The molecule has 17 heavy (non-hydrogen) atoms. The maximum atomic E-state index is 11.2. The SMILES string of the molecule is CN(C)C(=O)OCC(C)(C)COC(=O)N(C)C. The predicted molar refractivity (Wildman–Crippen MR) is 63.9 cm³/mol. The number of carbonyl (C=O) groups is 2. The first-order chi connectivity index (χ1) is 7.65. The molecule has 0 aliphatic heterocycles. The number of amides is 2. The molecule has 0 bridgehead atoms. The molecule has 6 heteroatoms. The van der Waals surface area contributed by atoms with Crippen molar-refractivity contribution >= 4 is 12.2 Å². The van der Waals surface area contributed by atoms with Gasteiger partial charge in [-0.3, -0.25) is 0 Å². The van der Waals surface area contributed by atoms with Gasteiger partial charge in [-0.1, -0.05) is 13.8 Å². The third-order valence-electron chi connectivity index (χ3n) is 1.90. The summed E-state index contributed by atoms with van der Waals surface area (Å²) in [6.45, 7) is 4.12. The van der Waals surface area contributed by atoms with Gasteiger partial charge in [-0.2, -0.15) is 0 Å². The van der Waals surface area contributed by atoms with Crippen LogP contribution in [0.25, 0.3) is 0 Å². The summed E-state index contributed by atoms with van der Waals surface area (Å²) in [5.74, 6) is 0. The summed E-state index contributed by atoms with van der Waals surface area (Å²) in [6.07, 6.45) is -0.811. The van der Waals surface area contributed by atoms with Gasteiger partial charge in [0, 0.05) is 33.6 Å². The minimum Gasteiger partial charge on any atom is -0.449 e. The summed E-state index contributed by atoms with van der Waals surface area (Å²) < 4.78 is 10.1. The fraction of sp³-hybridized carbons (Fsp3) is 0.818. The van der Waals surface area contributed by atoms with Gasteiger partial charge in [0.15, 0.2) is 0 Å². The van der Waals surface area contributed by atoms with Crippen molar-refractivity contribution in [3.05, 3.63) is 0 Å². The number of hydrogen-bond donors (Lipinski definition) is 0. The smallest absolute Gasteiger partial charge is 0.409 e. The molecule has 0 radical (unpaired) electrons. The topological polar surface area (TPSA) is 59.1 Å². The molecule has 0 aromatic carbocycles. The van der Waals surface area contributed by atoms with E-state index in [1.165, 1.54) is 9.80 Å². The molecule has 0 heterocycles. The van der Waals surface area contributed by atoms with E-state index in [0.29, 0.717) is 0 Å². The average molecular weight is 246 g/mol. The Bertz CT molecular complexity index is 249. The van der Waals surface area contributed by atoms with Crippen molar-refractivity contribution < 1.29 is 19.1 Å². The molecule has 0 spiro atoms. The van der Waals surface area contributed by atoms with Crippen LogP contribution in [0.3, 0.4) is 0 Å². The minimum atomic E-state index is -0.406. The molecular formula is C11H22N2O4. The maximum Gasteiger partial charge on any atom is 0.409 e. The molecule has 0 saturated heterocycles. The van der Waals surface area contributed by atoms with Crippen LogP contribution < -0.4 is 0 Å². The van der Waals surface area contributed by atoms with Crippen molar-refractivity contribution in [1.29, 1.82) is 0 Å². The summed E-state index contributed by atoms with van der Waals surface area (Å²) in [6, 6.07) is 0. The van der Waals surface area contributed by atoms with Crippen molar-refractivity contribution in [3.8, 4) is 0 Å². The van der Waals surface area contributed by atoms with Crippen molar-refractivity contribution in [1.82, 2.24) is 9.80 Å². The van der Waals surface area contributed by atoms with Crippen LogP contribution in [0.4, 0.5) is 9.59 Å². The Morgan fingerprint density at radius 1 is 0.882 bits per heavy atom. The van der Waals surface area contributed by atoms with Gasteiger partial charge in [0.1, 0.15) is 13.2 Å². The monoisotopic (exact) mass is 246 g/mol. The lowest BCUT2D eigenvalue weighted by atomic mass is 9.96. The molecule has 0 aliphatic carbocycles. The molecular weight excluding hydrogens is 224 g/mol. The lowest BCUT2D eigenvalue weighted by Gasteiger charge is -2.25. The Morgan fingerprint density at radius 3 is 1.41 bits per heavy atom. The van der Waals surface area contributed by atoms with E-state index in [-0.39, 0.29) is 13.2 Å². The summed E-state index contributed by atoms with van der Waals surface area (Å²) in [5.41, 5.74) is -0.405. The van der Waals surface area contributed by atoms with Gasteiger partial charge in [-0.25, -0.2) is 9.59 Å². The van der Waals surface area contributed by atoms with E-state index >= 15 is 0 Å². The van der Waals surface area contributed by atoms with Crippen LogP contribution in [0.15, 0.2) is 0 Å². The highest BCUT2D eigenvalue weighted by Gasteiger charge is 2.23. The Balaban J connectivity index is 4.04. The Hall–Kier alpha value is -1.46. The second-order valence-electron chi connectivity index (χ2n) is 5.06. The van der Waals surface area contributed by atoms with Crippen LogP contribution in [0.2, 0.25) is 0 Å². The van der Waals surface area contributed by atoms with Crippen molar-refractivity contribution in [3.63, 3.8) is 0 Å². The molecule has 100 valence electrons. The zero-order chi connectivity index (χ0) is 13.6. The van der Waals surface area contributed by atoms with Gasteiger partial charge >= 0.3 is 12.2 Å². The highest BCUT2D eigenvalue weighted by molar-refractivity contribution is 5.67. The first-order valence-corrected chi connectivity index (χ1v) is 5.34. The number of carbonyl (C=O) groups excluding carboxylic acids is 2. The number of hydrogen-bond acceptors (Lipinski definition) is 4. The first-order valence-electron chi connectivity index (χ1n) is 5.34. The maximum absolute atomic E-state index is 11.2. The summed E-state index contributed by atoms with van der Waals surface area (Å²) in [5, 5.41) is 0. The molecule has 0 unspecified atom stereocenters. The van der Waals surface area contributed by atoms with Gasteiger partial charge in [0.25, 0.3) is 0 Å². The Morgan fingerprint density at radius 2 is 1.18 bits per heavy atom. The van der Waals surface area contributed by atoms with E-state index in [0.717, 1.165) is 0 Å².